The van der Waals surface area contributed by atoms with Gasteiger partial charge in [-0.1, -0.05) is 27.7 Å². The van der Waals surface area contributed by atoms with Crippen LogP contribution in [0.2, 0.25) is 0 Å². The molecule has 2 unspecified atom stereocenters. The maximum absolute atomic E-state index is 11.5. The van der Waals surface area contributed by atoms with Crippen LogP contribution >= 0.6 is 0 Å². The molecular weight excluding hydrogens is 220 g/mol. The zero-order chi connectivity index (χ0) is 13.4. The molecule has 0 bridgehead atoms. The van der Waals surface area contributed by atoms with Gasteiger partial charge >= 0.3 is 12.0 Å². The molecule has 2 atom stereocenters. The monoisotopic (exact) mass is 244 g/mol. The molecule has 5 heteroatoms. The topological polar surface area (TPSA) is 78.4 Å². The molecular formula is C12H24N2O3. The fourth-order valence-corrected chi connectivity index (χ4v) is 1.49. The van der Waals surface area contributed by atoms with E-state index in [0.29, 0.717) is 18.9 Å². The Morgan fingerprint density at radius 1 is 1.24 bits per heavy atom. The Kier molecular flexibility index (Phi) is 7.34. The average Bonchev–Trinajstić information content (AvgIpc) is 2.25. The fraction of sp³-hybridized carbons (Fsp3) is 0.833. The van der Waals surface area contributed by atoms with E-state index in [1.165, 1.54) is 0 Å². The van der Waals surface area contributed by atoms with E-state index in [1.54, 1.807) is 6.92 Å². The van der Waals surface area contributed by atoms with Crippen molar-refractivity contribution >= 4 is 12.0 Å². The van der Waals surface area contributed by atoms with E-state index in [9.17, 15) is 9.59 Å². The highest BCUT2D eigenvalue weighted by Crippen LogP contribution is 2.05. The number of urea groups is 1. The first-order valence-corrected chi connectivity index (χ1v) is 6.15. The highest BCUT2D eigenvalue weighted by Gasteiger charge is 2.14. The van der Waals surface area contributed by atoms with Gasteiger partial charge in [-0.2, -0.15) is 0 Å². The number of carbonyl (C=O) groups is 2. The van der Waals surface area contributed by atoms with Crippen LogP contribution < -0.4 is 10.6 Å². The van der Waals surface area contributed by atoms with Crippen LogP contribution in [-0.4, -0.2) is 29.7 Å². The lowest BCUT2D eigenvalue weighted by Crippen LogP contribution is -2.44. The molecule has 5 nitrogen and oxygen atoms in total. The van der Waals surface area contributed by atoms with Crippen LogP contribution in [0.5, 0.6) is 0 Å². The molecule has 0 aliphatic rings. The lowest BCUT2D eigenvalue weighted by molar-refractivity contribution is -0.141. The van der Waals surface area contributed by atoms with Gasteiger partial charge in [0.05, 0.1) is 5.92 Å². The Morgan fingerprint density at radius 2 is 1.82 bits per heavy atom. The minimum atomic E-state index is -0.833. The number of nitrogens with one attached hydrogen (secondary N) is 2. The largest absolute Gasteiger partial charge is 0.481 e. The molecule has 0 heterocycles. The Balaban J connectivity index is 3.83. The van der Waals surface area contributed by atoms with Crippen LogP contribution in [0.1, 0.15) is 40.5 Å². The summed E-state index contributed by atoms with van der Waals surface area (Å²) in [5, 5.41) is 14.2. The molecule has 0 fully saturated rings. The van der Waals surface area contributed by atoms with Gasteiger partial charge in [0.25, 0.3) is 0 Å². The number of amides is 2. The van der Waals surface area contributed by atoms with Crippen molar-refractivity contribution in [3.8, 4) is 0 Å². The second kappa shape index (κ2) is 7.92. The van der Waals surface area contributed by atoms with E-state index in [-0.39, 0.29) is 12.1 Å². The summed E-state index contributed by atoms with van der Waals surface area (Å²) in [6, 6.07) is -0.0602. The summed E-state index contributed by atoms with van der Waals surface area (Å²) < 4.78 is 0. The highest BCUT2D eigenvalue weighted by atomic mass is 16.4. The molecule has 0 aliphatic heterocycles. The smallest absolute Gasteiger partial charge is 0.315 e. The van der Waals surface area contributed by atoms with Gasteiger partial charge < -0.3 is 15.7 Å². The van der Waals surface area contributed by atoms with Crippen LogP contribution in [0.4, 0.5) is 4.79 Å². The lowest BCUT2D eigenvalue weighted by Gasteiger charge is -2.21. The molecule has 0 aromatic carbocycles. The van der Waals surface area contributed by atoms with E-state index < -0.39 is 11.9 Å². The number of rotatable bonds is 7. The number of carboxylic acid groups (broad SMARTS) is 1. The van der Waals surface area contributed by atoms with Gasteiger partial charge in [0, 0.05) is 12.6 Å². The first-order valence-electron chi connectivity index (χ1n) is 6.15. The second-order valence-electron chi connectivity index (χ2n) is 4.69. The van der Waals surface area contributed by atoms with Crippen molar-refractivity contribution < 1.29 is 14.7 Å². The third-order valence-electron chi connectivity index (χ3n) is 2.85. The summed E-state index contributed by atoms with van der Waals surface area (Å²) in [6.45, 7) is 8.15. The average molecular weight is 244 g/mol. The van der Waals surface area contributed by atoms with Crippen molar-refractivity contribution in [3.05, 3.63) is 0 Å². The number of aliphatic carboxylic acids is 1. The Bertz CT molecular complexity index is 254. The van der Waals surface area contributed by atoms with Crippen LogP contribution in [0, 0.1) is 11.8 Å². The molecule has 100 valence electrons. The molecule has 0 saturated carbocycles. The molecule has 2 amide bonds. The molecule has 0 saturated heterocycles. The predicted octanol–water partition coefficient (Wildman–Crippen LogP) is 1.83. The van der Waals surface area contributed by atoms with Gasteiger partial charge in [0.2, 0.25) is 0 Å². The zero-order valence-electron chi connectivity index (χ0n) is 11.1. The molecule has 3 N–H and O–H groups in total. The van der Waals surface area contributed by atoms with Gasteiger partial charge in [0.1, 0.15) is 0 Å². The second-order valence-corrected chi connectivity index (χ2v) is 4.69. The number of carbonyl (C=O) groups excluding carboxylic acids is 1. The molecule has 0 rings (SSSR count). The number of hydrogen-bond donors (Lipinski definition) is 3. The van der Waals surface area contributed by atoms with Gasteiger partial charge in [-0.15, -0.1) is 0 Å². The summed E-state index contributed by atoms with van der Waals surface area (Å²) in [4.78, 5) is 22.1. The van der Waals surface area contributed by atoms with Gasteiger partial charge in [-0.05, 0) is 18.8 Å². The van der Waals surface area contributed by atoms with Crippen LogP contribution in [0.25, 0.3) is 0 Å². The van der Waals surface area contributed by atoms with E-state index in [2.05, 4.69) is 24.5 Å². The molecule has 0 spiro atoms. The first kappa shape index (κ1) is 15.7. The summed E-state index contributed by atoms with van der Waals surface area (Å²) >= 11 is 0. The minimum Gasteiger partial charge on any atom is -0.481 e. The summed E-state index contributed by atoms with van der Waals surface area (Å²) in [5.41, 5.74) is 0. The van der Waals surface area contributed by atoms with Crippen molar-refractivity contribution in [2.45, 2.75) is 46.6 Å². The number of hydrogen-bond acceptors (Lipinski definition) is 2. The van der Waals surface area contributed by atoms with Crippen LogP contribution in [0.15, 0.2) is 0 Å². The third kappa shape index (κ3) is 6.81. The SMILES string of the molecule is CCC(NC(=O)NCCC(C)C(=O)O)C(C)C. The highest BCUT2D eigenvalue weighted by molar-refractivity contribution is 5.74. The fourth-order valence-electron chi connectivity index (χ4n) is 1.49. The Hall–Kier alpha value is -1.26. The standard InChI is InChI=1S/C12H24N2O3/c1-5-10(8(2)3)14-12(17)13-7-6-9(4)11(15)16/h8-10H,5-7H2,1-4H3,(H,15,16)(H2,13,14,17). The maximum atomic E-state index is 11.5. The summed E-state index contributed by atoms with van der Waals surface area (Å²) in [7, 11) is 0. The maximum Gasteiger partial charge on any atom is 0.315 e. The molecule has 0 aromatic heterocycles. The van der Waals surface area contributed by atoms with E-state index in [4.69, 9.17) is 5.11 Å². The van der Waals surface area contributed by atoms with E-state index >= 15 is 0 Å². The Morgan fingerprint density at radius 3 is 2.24 bits per heavy atom. The normalized spacial score (nSPS) is 14.2. The molecule has 17 heavy (non-hydrogen) atoms. The van der Waals surface area contributed by atoms with Crippen molar-refractivity contribution in [2.75, 3.05) is 6.54 Å². The van der Waals surface area contributed by atoms with Crippen molar-refractivity contribution in [1.82, 2.24) is 10.6 Å². The minimum absolute atomic E-state index is 0.159. The van der Waals surface area contributed by atoms with Gasteiger partial charge in [-0.3, -0.25) is 4.79 Å². The van der Waals surface area contributed by atoms with E-state index in [0.717, 1.165) is 6.42 Å². The van der Waals surface area contributed by atoms with Crippen LogP contribution in [0.3, 0.4) is 0 Å². The van der Waals surface area contributed by atoms with E-state index in [1.807, 2.05) is 6.92 Å². The van der Waals surface area contributed by atoms with Crippen molar-refractivity contribution in [2.24, 2.45) is 11.8 Å². The molecule has 0 radical (unpaired) electrons. The molecule has 0 aliphatic carbocycles. The summed E-state index contributed by atoms with van der Waals surface area (Å²) in [6.07, 6.45) is 1.33. The zero-order valence-corrected chi connectivity index (χ0v) is 11.1. The van der Waals surface area contributed by atoms with Crippen LogP contribution in [-0.2, 0) is 4.79 Å². The lowest BCUT2D eigenvalue weighted by atomic mass is 10.0. The van der Waals surface area contributed by atoms with Crippen molar-refractivity contribution in [3.63, 3.8) is 0 Å². The molecule has 0 aromatic rings. The summed E-state index contributed by atoms with van der Waals surface area (Å²) in [5.74, 6) is -0.869. The van der Waals surface area contributed by atoms with Gasteiger partial charge in [0.15, 0.2) is 0 Å². The number of carboxylic acids is 1. The van der Waals surface area contributed by atoms with Gasteiger partial charge in [-0.25, -0.2) is 4.79 Å². The first-order chi connectivity index (χ1) is 7.88. The predicted molar refractivity (Wildman–Crippen MR) is 66.9 cm³/mol. The quantitative estimate of drug-likeness (QED) is 0.639. The Labute approximate surface area is 103 Å². The van der Waals surface area contributed by atoms with Crippen molar-refractivity contribution in [1.29, 1.82) is 0 Å². The third-order valence-corrected chi connectivity index (χ3v) is 2.85.